The normalized spacial score (nSPS) is 10.2. The predicted octanol–water partition coefficient (Wildman–Crippen LogP) is 2.03. The molecule has 15 heavy (non-hydrogen) atoms. The number of nitrogens with one attached hydrogen (secondary N) is 1. The van der Waals surface area contributed by atoms with E-state index in [-0.39, 0.29) is 16.5 Å². The maximum Gasteiger partial charge on any atom is 0.334 e. The van der Waals surface area contributed by atoms with Gasteiger partial charge in [-0.3, -0.25) is 10.1 Å². The van der Waals surface area contributed by atoms with Crippen molar-refractivity contribution >= 4 is 17.3 Å². The summed E-state index contributed by atoms with van der Waals surface area (Å²) in [5, 5.41) is 10.6. The van der Waals surface area contributed by atoms with Gasteiger partial charge in [-0.2, -0.15) is 0 Å². The predicted molar refractivity (Wildman–Crippen MR) is 53.5 cm³/mol. The van der Waals surface area contributed by atoms with Crippen LogP contribution in [0.4, 0.5) is 5.69 Å². The van der Waals surface area contributed by atoms with Crippen molar-refractivity contribution in [2.24, 2.45) is 0 Å². The van der Waals surface area contributed by atoms with Gasteiger partial charge >= 0.3 is 5.69 Å². The average molecular weight is 225 g/mol. The summed E-state index contributed by atoms with van der Waals surface area (Å²) < 4.78 is 0. The summed E-state index contributed by atoms with van der Waals surface area (Å²) >= 11 is 5.63. The van der Waals surface area contributed by atoms with Gasteiger partial charge in [-0.05, 0) is 12.1 Å². The first-order valence-corrected chi connectivity index (χ1v) is 4.36. The van der Waals surface area contributed by atoms with Gasteiger partial charge in [-0.15, -0.1) is 0 Å². The quantitative estimate of drug-likeness (QED) is 0.481. The molecule has 2 heterocycles. The Morgan fingerprint density at radius 3 is 2.87 bits per heavy atom. The standard InChI is InChI=1S/C8H5ClN4O2/c9-8-7(13(14)15)6(11-4-12-8)5-2-1-3-10-5/h1-4,10H. The molecule has 0 bridgehead atoms. The third kappa shape index (κ3) is 1.66. The molecule has 0 amide bonds. The summed E-state index contributed by atoms with van der Waals surface area (Å²) in [5.74, 6) is 0. The van der Waals surface area contributed by atoms with Crippen molar-refractivity contribution in [2.45, 2.75) is 0 Å². The van der Waals surface area contributed by atoms with Crippen molar-refractivity contribution in [3.8, 4) is 11.4 Å². The minimum absolute atomic E-state index is 0.167. The van der Waals surface area contributed by atoms with Crippen LogP contribution >= 0.6 is 11.6 Å². The zero-order valence-corrected chi connectivity index (χ0v) is 8.10. The van der Waals surface area contributed by atoms with Crippen LogP contribution in [0.2, 0.25) is 5.15 Å². The van der Waals surface area contributed by atoms with Gasteiger partial charge in [0.2, 0.25) is 5.15 Å². The number of rotatable bonds is 2. The third-order valence-corrected chi connectivity index (χ3v) is 2.09. The molecular weight excluding hydrogens is 220 g/mol. The number of halogens is 1. The third-order valence-electron chi connectivity index (χ3n) is 1.81. The zero-order chi connectivity index (χ0) is 10.8. The lowest BCUT2D eigenvalue weighted by molar-refractivity contribution is -0.384. The number of aromatic nitrogens is 3. The molecule has 0 aromatic carbocycles. The Morgan fingerprint density at radius 2 is 2.27 bits per heavy atom. The first kappa shape index (κ1) is 9.60. The Labute approximate surface area is 89.1 Å². The van der Waals surface area contributed by atoms with Crippen LogP contribution in [0.5, 0.6) is 0 Å². The molecule has 2 rings (SSSR count). The number of nitro groups is 1. The monoisotopic (exact) mass is 224 g/mol. The number of hydrogen-bond donors (Lipinski definition) is 1. The second-order valence-electron chi connectivity index (χ2n) is 2.70. The van der Waals surface area contributed by atoms with E-state index < -0.39 is 4.92 Å². The van der Waals surface area contributed by atoms with Crippen LogP contribution in [-0.2, 0) is 0 Å². The van der Waals surface area contributed by atoms with Crippen LogP contribution in [0.25, 0.3) is 11.4 Å². The van der Waals surface area contributed by atoms with E-state index in [1.807, 2.05) is 0 Å². The fourth-order valence-corrected chi connectivity index (χ4v) is 1.40. The highest BCUT2D eigenvalue weighted by molar-refractivity contribution is 6.31. The molecule has 0 saturated carbocycles. The minimum Gasteiger partial charge on any atom is -0.360 e. The van der Waals surface area contributed by atoms with Crippen molar-refractivity contribution in [3.05, 3.63) is 39.9 Å². The molecule has 0 saturated heterocycles. The largest absolute Gasteiger partial charge is 0.360 e. The van der Waals surface area contributed by atoms with E-state index in [9.17, 15) is 10.1 Å². The lowest BCUT2D eigenvalue weighted by Gasteiger charge is -1.99. The van der Waals surface area contributed by atoms with Crippen molar-refractivity contribution < 1.29 is 4.92 Å². The van der Waals surface area contributed by atoms with Crippen LogP contribution in [0.15, 0.2) is 24.7 Å². The number of hydrogen-bond acceptors (Lipinski definition) is 4. The second kappa shape index (κ2) is 3.66. The number of nitrogens with zero attached hydrogens (tertiary/aromatic N) is 3. The Kier molecular flexibility index (Phi) is 2.34. The van der Waals surface area contributed by atoms with Crippen molar-refractivity contribution in [1.82, 2.24) is 15.0 Å². The molecule has 1 N–H and O–H groups in total. The SMILES string of the molecule is O=[N+]([O-])c1c(Cl)ncnc1-c1ccc[nH]1. The molecule has 0 aliphatic carbocycles. The summed E-state index contributed by atoms with van der Waals surface area (Å²) in [6.07, 6.45) is 2.83. The van der Waals surface area contributed by atoms with Gasteiger partial charge in [-0.1, -0.05) is 11.6 Å². The van der Waals surface area contributed by atoms with Crippen molar-refractivity contribution in [3.63, 3.8) is 0 Å². The zero-order valence-electron chi connectivity index (χ0n) is 7.35. The summed E-state index contributed by atoms with van der Waals surface area (Å²) in [5.41, 5.74) is 0.428. The molecule has 0 aliphatic rings. The molecule has 0 spiro atoms. The summed E-state index contributed by atoms with van der Waals surface area (Å²) in [7, 11) is 0. The lowest BCUT2D eigenvalue weighted by atomic mass is 10.2. The number of aromatic amines is 1. The molecule has 0 fully saturated rings. The van der Waals surface area contributed by atoms with Crippen molar-refractivity contribution in [1.29, 1.82) is 0 Å². The van der Waals surface area contributed by atoms with E-state index in [4.69, 9.17) is 11.6 Å². The second-order valence-corrected chi connectivity index (χ2v) is 3.06. The van der Waals surface area contributed by atoms with Gasteiger partial charge in [0.1, 0.15) is 6.33 Å². The van der Waals surface area contributed by atoms with Crippen LogP contribution in [0, 0.1) is 10.1 Å². The molecule has 0 radical (unpaired) electrons. The fourth-order valence-electron chi connectivity index (χ4n) is 1.19. The van der Waals surface area contributed by atoms with Gasteiger partial charge in [0.05, 0.1) is 10.6 Å². The van der Waals surface area contributed by atoms with Gasteiger partial charge < -0.3 is 4.98 Å². The highest BCUT2D eigenvalue weighted by atomic mass is 35.5. The molecular formula is C8H5ClN4O2. The molecule has 2 aromatic rings. The van der Waals surface area contributed by atoms with Gasteiger partial charge in [0.15, 0.2) is 5.69 Å². The van der Waals surface area contributed by atoms with Crippen LogP contribution < -0.4 is 0 Å². The summed E-state index contributed by atoms with van der Waals surface area (Å²) in [6, 6.07) is 3.39. The van der Waals surface area contributed by atoms with E-state index in [1.165, 1.54) is 6.33 Å². The molecule has 2 aromatic heterocycles. The van der Waals surface area contributed by atoms with E-state index in [0.29, 0.717) is 5.69 Å². The first-order valence-electron chi connectivity index (χ1n) is 3.99. The molecule has 0 aliphatic heterocycles. The van der Waals surface area contributed by atoms with Gasteiger partial charge in [0.25, 0.3) is 0 Å². The molecule has 0 unspecified atom stereocenters. The smallest absolute Gasteiger partial charge is 0.334 e. The van der Waals surface area contributed by atoms with E-state index in [0.717, 1.165) is 0 Å². The Morgan fingerprint density at radius 1 is 1.47 bits per heavy atom. The first-order chi connectivity index (χ1) is 7.20. The highest BCUT2D eigenvalue weighted by Crippen LogP contribution is 2.30. The lowest BCUT2D eigenvalue weighted by Crippen LogP contribution is -1.97. The van der Waals surface area contributed by atoms with Crippen LogP contribution in [0.3, 0.4) is 0 Å². The molecule has 6 nitrogen and oxygen atoms in total. The van der Waals surface area contributed by atoms with E-state index in [1.54, 1.807) is 18.3 Å². The Hall–Kier alpha value is -1.95. The van der Waals surface area contributed by atoms with Crippen LogP contribution in [0.1, 0.15) is 0 Å². The summed E-state index contributed by atoms with van der Waals surface area (Å²) in [6.45, 7) is 0. The number of H-pyrrole nitrogens is 1. The fraction of sp³-hybridized carbons (Fsp3) is 0. The molecule has 0 atom stereocenters. The highest BCUT2D eigenvalue weighted by Gasteiger charge is 2.22. The molecule has 76 valence electrons. The van der Waals surface area contributed by atoms with E-state index >= 15 is 0 Å². The van der Waals surface area contributed by atoms with E-state index in [2.05, 4.69) is 15.0 Å². The Bertz CT molecular complexity index is 497. The summed E-state index contributed by atoms with van der Waals surface area (Å²) in [4.78, 5) is 20.4. The van der Waals surface area contributed by atoms with Crippen molar-refractivity contribution in [2.75, 3.05) is 0 Å². The minimum atomic E-state index is -0.599. The topological polar surface area (TPSA) is 84.7 Å². The average Bonchev–Trinajstić information content (AvgIpc) is 2.69. The maximum absolute atomic E-state index is 10.8. The molecule has 7 heteroatoms. The van der Waals surface area contributed by atoms with Gasteiger partial charge in [0, 0.05) is 6.20 Å². The maximum atomic E-state index is 10.8. The Balaban J connectivity index is 2.66. The van der Waals surface area contributed by atoms with Crippen LogP contribution in [-0.4, -0.2) is 19.9 Å². The van der Waals surface area contributed by atoms with Gasteiger partial charge in [-0.25, -0.2) is 9.97 Å².